The zero-order valence-corrected chi connectivity index (χ0v) is 14.4. The highest BCUT2D eigenvalue weighted by atomic mass is 16.3. The van der Waals surface area contributed by atoms with Crippen molar-refractivity contribution in [3.63, 3.8) is 0 Å². The third-order valence-corrected chi connectivity index (χ3v) is 4.24. The molecule has 0 bridgehead atoms. The van der Waals surface area contributed by atoms with Crippen LogP contribution in [-0.4, -0.2) is 27.5 Å². The van der Waals surface area contributed by atoms with Gasteiger partial charge in [-0.05, 0) is 23.3 Å². The van der Waals surface area contributed by atoms with Crippen molar-refractivity contribution in [1.29, 1.82) is 0 Å². The molecule has 0 aliphatic carbocycles. The first-order valence-corrected chi connectivity index (χ1v) is 8.15. The number of carbonyl (C=O) groups is 1. The van der Waals surface area contributed by atoms with Crippen LogP contribution in [0.4, 0.5) is 4.79 Å². The molecule has 0 fully saturated rings. The number of urea groups is 1. The number of aromatic nitrogens is 2. The summed E-state index contributed by atoms with van der Waals surface area (Å²) in [6.07, 6.45) is 3.32. The fraction of sp³-hybridized carbons (Fsp3) is 0.263. The topological polar surface area (TPSA) is 79.2 Å². The minimum absolute atomic E-state index is 0.0973. The second-order valence-electron chi connectivity index (χ2n) is 6.35. The normalized spacial score (nSPS) is 13.4. The summed E-state index contributed by atoms with van der Waals surface area (Å²) >= 11 is 0. The highest BCUT2D eigenvalue weighted by molar-refractivity contribution is 5.86. The molecular weight excluding hydrogens is 316 g/mol. The van der Waals surface area contributed by atoms with Crippen LogP contribution in [0.15, 0.2) is 54.9 Å². The molecule has 3 rings (SSSR count). The zero-order valence-electron chi connectivity index (χ0n) is 14.4. The Morgan fingerprint density at radius 3 is 2.72 bits per heavy atom. The summed E-state index contributed by atoms with van der Waals surface area (Å²) in [4.78, 5) is 12.1. The summed E-state index contributed by atoms with van der Waals surface area (Å²) in [5, 5.41) is 22.3. The number of aryl methyl sites for hydroxylation is 1. The third-order valence-electron chi connectivity index (χ3n) is 4.24. The Kier molecular flexibility index (Phi) is 4.72. The van der Waals surface area contributed by atoms with Crippen LogP contribution >= 0.6 is 0 Å². The minimum Gasteiger partial charge on any atom is -0.383 e. The number of benzene rings is 2. The largest absolute Gasteiger partial charge is 0.383 e. The molecule has 1 atom stereocenters. The standard InChI is InChI=1S/C19H22N4O2/c1-19(25,16-11-22-23(2)12-16)13-21-18(24)20-10-15-8-5-7-14-6-3-4-9-17(14)15/h3-9,11-12,25H,10,13H2,1-2H3,(H2,20,21,24). The predicted octanol–water partition coefficient (Wildman–Crippen LogP) is 2.28. The Morgan fingerprint density at radius 1 is 1.20 bits per heavy atom. The van der Waals surface area contributed by atoms with Gasteiger partial charge in [0.05, 0.1) is 12.7 Å². The van der Waals surface area contributed by atoms with E-state index in [0.29, 0.717) is 12.1 Å². The van der Waals surface area contributed by atoms with Crippen LogP contribution in [0.2, 0.25) is 0 Å². The quantitative estimate of drug-likeness (QED) is 0.668. The number of nitrogens with one attached hydrogen (secondary N) is 2. The Hall–Kier alpha value is -2.86. The molecule has 0 aliphatic heterocycles. The monoisotopic (exact) mass is 338 g/mol. The fourth-order valence-corrected chi connectivity index (χ4v) is 2.74. The van der Waals surface area contributed by atoms with Gasteiger partial charge in [-0.25, -0.2) is 4.79 Å². The van der Waals surface area contributed by atoms with Gasteiger partial charge in [-0.3, -0.25) is 4.68 Å². The van der Waals surface area contributed by atoms with Gasteiger partial charge in [-0.2, -0.15) is 5.10 Å². The second-order valence-corrected chi connectivity index (χ2v) is 6.35. The van der Waals surface area contributed by atoms with Gasteiger partial charge in [0.15, 0.2) is 0 Å². The maximum Gasteiger partial charge on any atom is 0.315 e. The van der Waals surface area contributed by atoms with Crippen LogP contribution in [0.1, 0.15) is 18.1 Å². The molecule has 6 heteroatoms. The Labute approximate surface area is 146 Å². The van der Waals surface area contributed by atoms with Crippen molar-refractivity contribution in [2.75, 3.05) is 6.54 Å². The SMILES string of the molecule is Cn1cc(C(C)(O)CNC(=O)NCc2cccc3ccccc23)cn1. The Balaban J connectivity index is 1.58. The van der Waals surface area contributed by atoms with Crippen molar-refractivity contribution in [1.82, 2.24) is 20.4 Å². The van der Waals surface area contributed by atoms with E-state index in [2.05, 4.69) is 15.7 Å². The summed E-state index contributed by atoms with van der Waals surface area (Å²) in [7, 11) is 1.78. The summed E-state index contributed by atoms with van der Waals surface area (Å²) in [6, 6.07) is 13.8. The van der Waals surface area contributed by atoms with Gasteiger partial charge >= 0.3 is 6.03 Å². The lowest BCUT2D eigenvalue weighted by Gasteiger charge is -2.22. The summed E-state index contributed by atoms with van der Waals surface area (Å²) in [5.41, 5.74) is 0.530. The summed E-state index contributed by atoms with van der Waals surface area (Å²) < 4.78 is 1.62. The number of rotatable bonds is 5. The van der Waals surface area contributed by atoms with Gasteiger partial charge in [0.25, 0.3) is 0 Å². The Bertz CT molecular complexity index is 881. The number of aliphatic hydroxyl groups is 1. The van der Waals surface area contributed by atoms with Crippen molar-refractivity contribution in [2.24, 2.45) is 7.05 Å². The van der Waals surface area contributed by atoms with Crippen molar-refractivity contribution in [3.05, 3.63) is 66.0 Å². The number of fused-ring (bicyclic) bond motifs is 1. The summed E-state index contributed by atoms with van der Waals surface area (Å²) in [5.74, 6) is 0. The van der Waals surface area contributed by atoms with E-state index in [1.165, 1.54) is 0 Å². The van der Waals surface area contributed by atoms with E-state index < -0.39 is 5.60 Å². The number of nitrogens with zero attached hydrogens (tertiary/aromatic N) is 2. The van der Waals surface area contributed by atoms with Gasteiger partial charge in [0.1, 0.15) is 5.60 Å². The van der Waals surface area contributed by atoms with Gasteiger partial charge in [0.2, 0.25) is 0 Å². The molecule has 1 heterocycles. The molecule has 0 aliphatic rings. The molecular formula is C19H22N4O2. The smallest absolute Gasteiger partial charge is 0.315 e. The van der Waals surface area contributed by atoms with E-state index in [9.17, 15) is 9.90 Å². The average Bonchev–Trinajstić information content (AvgIpc) is 3.05. The first kappa shape index (κ1) is 17.0. The third kappa shape index (κ3) is 3.97. The molecule has 25 heavy (non-hydrogen) atoms. The molecule has 0 spiro atoms. The second kappa shape index (κ2) is 6.94. The number of carbonyl (C=O) groups excluding carboxylic acids is 1. The predicted molar refractivity (Wildman–Crippen MR) is 97.0 cm³/mol. The van der Waals surface area contributed by atoms with Crippen LogP contribution in [0, 0.1) is 0 Å². The molecule has 1 aromatic heterocycles. The van der Waals surface area contributed by atoms with Gasteiger partial charge in [0, 0.05) is 25.4 Å². The van der Waals surface area contributed by atoms with E-state index >= 15 is 0 Å². The molecule has 3 aromatic rings. The lowest BCUT2D eigenvalue weighted by Crippen LogP contribution is -2.43. The van der Waals surface area contributed by atoms with E-state index in [1.807, 2.05) is 42.5 Å². The molecule has 2 amide bonds. The fourth-order valence-electron chi connectivity index (χ4n) is 2.74. The number of amides is 2. The van der Waals surface area contributed by atoms with Gasteiger partial charge < -0.3 is 15.7 Å². The van der Waals surface area contributed by atoms with Crippen molar-refractivity contribution < 1.29 is 9.90 Å². The lowest BCUT2D eigenvalue weighted by molar-refractivity contribution is 0.0593. The molecule has 0 saturated heterocycles. The first-order chi connectivity index (χ1) is 12.0. The van der Waals surface area contributed by atoms with Crippen LogP contribution < -0.4 is 10.6 Å². The Morgan fingerprint density at radius 2 is 1.96 bits per heavy atom. The van der Waals surface area contributed by atoms with Crippen LogP contribution in [-0.2, 0) is 19.2 Å². The maximum atomic E-state index is 12.1. The molecule has 2 aromatic carbocycles. The average molecular weight is 338 g/mol. The highest BCUT2D eigenvalue weighted by Gasteiger charge is 2.25. The van der Waals surface area contributed by atoms with E-state index in [1.54, 1.807) is 31.0 Å². The van der Waals surface area contributed by atoms with Crippen LogP contribution in [0.25, 0.3) is 10.8 Å². The maximum absolute atomic E-state index is 12.1. The zero-order chi connectivity index (χ0) is 17.9. The van der Waals surface area contributed by atoms with E-state index in [-0.39, 0.29) is 12.6 Å². The van der Waals surface area contributed by atoms with E-state index in [0.717, 1.165) is 16.3 Å². The van der Waals surface area contributed by atoms with Crippen LogP contribution in [0.3, 0.4) is 0 Å². The molecule has 0 saturated carbocycles. The van der Waals surface area contributed by atoms with Crippen molar-refractivity contribution in [2.45, 2.75) is 19.1 Å². The number of hydrogen-bond acceptors (Lipinski definition) is 3. The highest BCUT2D eigenvalue weighted by Crippen LogP contribution is 2.19. The molecule has 3 N–H and O–H groups in total. The van der Waals surface area contributed by atoms with Crippen molar-refractivity contribution in [3.8, 4) is 0 Å². The summed E-state index contributed by atoms with van der Waals surface area (Å²) in [6.45, 7) is 2.16. The molecule has 0 radical (unpaired) electrons. The number of hydrogen-bond donors (Lipinski definition) is 3. The van der Waals surface area contributed by atoms with Crippen molar-refractivity contribution >= 4 is 16.8 Å². The molecule has 130 valence electrons. The van der Waals surface area contributed by atoms with Crippen LogP contribution in [0.5, 0.6) is 0 Å². The van der Waals surface area contributed by atoms with E-state index in [4.69, 9.17) is 0 Å². The minimum atomic E-state index is -1.18. The first-order valence-electron chi connectivity index (χ1n) is 8.15. The van der Waals surface area contributed by atoms with Gasteiger partial charge in [-0.15, -0.1) is 0 Å². The molecule has 6 nitrogen and oxygen atoms in total. The lowest BCUT2D eigenvalue weighted by atomic mass is 10.00. The van der Waals surface area contributed by atoms with Gasteiger partial charge in [-0.1, -0.05) is 42.5 Å². The molecule has 1 unspecified atom stereocenters.